The van der Waals surface area contributed by atoms with Crippen LogP contribution in [0.4, 0.5) is 0 Å². The molecule has 0 aliphatic carbocycles. The molecule has 0 bridgehead atoms. The molecule has 0 aromatic rings. The lowest BCUT2D eigenvalue weighted by Gasteiger charge is -2.22. The van der Waals surface area contributed by atoms with Gasteiger partial charge in [0.25, 0.3) is 0 Å². The summed E-state index contributed by atoms with van der Waals surface area (Å²) in [5, 5.41) is 16.6. The topological polar surface area (TPSA) is 151 Å². The van der Waals surface area contributed by atoms with Crippen molar-refractivity contribution >= 4 is 47.2 Å². The molecule has 162 valence electrons. The average molecular weight is 437 g/mol. The van der Waals surface area contributed by atoms with Crippen LogP contribution in [0.2, 0.25) is 0 Å². The molecule has 0 radical (unpaired) electrons. The van der Waals surface area contributed by atoms with E-state index < -0.39 is 41.8 Å². The van der Waals surface area contributed by atoms with Crippen molar-refractivity contribution in [3.8, 4) is 0 Å². The summed E-state index contributed by atoms with van der Waals surface area (Å²) < 4.78 is 0. The summed E-state index contributed by atoms with van der Waals surface area (Å²) in [5.41, 5.74) is 5.81. The highest BCUT2D eigenvalue weighted by molar-refractivity contribution is 7.98. The predicted octanol–water partition coefficient (Wildman–Crippen LogP) is -0.354. The van der Waals surface area contributed by atoms with Gasteiger partial charge in [0.2, 0.25) is 17.7 Å². The van der Waals surface area contributed by atoms with Crippen LogP contribution in [0.1, 0.15) is 26.7 Å². The molecule has 0 saturated carbocycles. The number of thioether (sulfide) groups is 2. The van der Waals surface area contributed by atoms with Crippen molar-refractivity contribution in [3.05, 3.63) is 0 Å². The van der Waals surface area contributed by atoms with E-state index in [4.69, 9.17) is 10.8 Å². The lowest BCUT2D eigenvalue weighted by molar-refractivity contribution is -0.141. The molecule has 3 amide bonds. The van der Waals surface area contributed by atoms with Crippen LogP contribution in [0.25, 0.3) is 0 Å². The molecule has 0 saturated heterocycles. The molecule has 0 heterocycles. The Labute approximate surface area is 174 Å². The highest BCUT2D eigenvalue weighted by atomic mass is 32.2. The first kappa shape index (κ1) is 26.5. The van der Waals surface area contributed by atoms with Gasteiger partial charge in [-0.15, -0.1) is 0 Å². The number of hydrogen-bond acceptors (Lipinski definition) is 7. The van der Waals surface area contributed by atoms with Crippen molar-refractivity contribution in [2.45, 2.75) is 44.8 Å². The SMILES string of the molecule is CSCCC(NC(=O)CNC(=O)C(CCSC)NC(=O)C(N)C(C)C)C(=O)O. The lowest BCUT2D eigenvalue weighted by Crippen LogP contribution is -2.54. The zero-order chi connectivity index (χ0) is 21.7. The third kappa shape index (κ3) is 10.8. The highest BCUT2D eigenvalue weighted by Gasteiger charge is 2.26. The van der Waals surface area contributed by atoms with Gasteiger partial charge in [0.05, 0.1) is 12.6 Å². The molecular formula is C17H32N4O5S2. The van der Waals surface area contributed by atoms with Crippen LogP contribution in [0.5, 0.6) is 0 Å². The Morgan fingerprint density at radius 3 is 1.93 bits per heavy atom. The minimum absolute atomic E-state index is 0.0794. The Hall–Kier alpha value is -1.46. The number of carboxylic acids is 1. The van der Waals surface area contributed by atoms with Crippen molar-refractivity contribution in [2.75, 3.05) is 30.6 Å². The van der Waals surface area contributed by atoms with Crippen LogP contribution in [-0.4, -0.2) is 77.5 Å². The molecule has 3 unspecified atom stereocenters. The minimum Gasteiger partial charge on any atom is -0.480 e. The van der Waals surface area contributed by atoms with E-state index >= 15 is 0 Å². The van der Waals surface area contributed by atoms with E-state index in [1.165, 1.54) is 23.5 Å². The number of nitrogens with one attached hydrogen (secondary N) is 3. The smallest absolute Gasteiger partial charge is 0.326 e. The van der Waals surface area contributed by atoms with E-state index in [-0.39, 0.29) is 18.9 Å². The maximum atomic E-state index is 12.4. The molecular weight excluding hydrogens is 404 g/mol. The van der Waals surface area contributed by atoms with E-state index in [0.717, 1.165) is 0 Å². The zero-order valence-electron chi connectivity index (χ0n) is 16.8. The Morgan fingerprint density at radius 1 is 0.929 bits per heavy atom. The summed E-state index contributed by atoms with van der Waals surface area (Å²) in [4.78, 5) is 47.7. The minimum atomic E-state index is -1.12. The van der Waals surface area contributed by atoms with E-state index in [0.29, 0.717) is 17.9 Å². The number of carbonyl (C=O) groups is 4. The Kier molecular flexibility index (Phi) is 13.8. The summed E-state index contributed by atoms with van der Waals surface area (Å²) in [7, 11) is 0. The van der Waals surface area contributed by atoms with Gasteiger partial charge in [0, 0.05) is 0 Å². The molecule has 0 spiro atoms. The van der Waals surface area contributed by atoms with Crippen molar-refractivity contribution < 1.29 is 24.3 Å². The monoisotopic (exact) mass is 436 g/mol. The molecule has 3 atom stereocenters. The number of rotatable bonds is 14. The molecule has 6 N–H and O–H groups in total. The number of nitrogens with two attached hydrogens (primary N) is 1. The number of amides is 3. The third-order valence-electron chi connectivity index (χ3n) is 3.93. The summed E-state index contributed by atoms with van der Waals surface area (Å²) in [6, 6.07) is -2.56. The first-order chi connectivity index (χ1) is 13.1. The van der Waals surface area contributed by atoms with Gasteiger partial charge in [0.15, 0.2) is 0 Å². The van der Waals surface area contributed by atoms with Crippen LogP contribution < -0.4 is 21.7 Å². The molecule has 0 aromatic carbocycles. The lowest BCUT2D eigenvalue weighted by atomic mass is 10.0. The van der Waals surface area contributed by atoms with Gasteiger partial charge in [-0.25, -0.2) is 4.79 Å². The molecule has 0 rings (SSSR count). The molecule has 9 nitrogen and oxygen atoms in total. The molecule has 11 heteroatoms. The largest absolute Gasteiger partial charge is 0.480 e. The fourth-order valence-corrected chi connectivity index (χ4v) is 3.05. The van der Waals surface area contributed by atoms with Crippen LogP contribution >= 0.6 is 23.5 Å². The second-order valence-electron chi connectivity index (χ2n) is 6.57. The van der Waals surface area contributed by atoms with Gasteiger partial charge in [-0.05, 0) is 42.8 Å². The zero-order valence-corrected chi connectivity index (χ0v) is 18.5. The van der Waals surface area contributed by atoms with Crippen LogP contribution in [0, 0.1) is 5.92 Å². The van der Waals surface area contributed by atoms with E-state index in [1.54, 1.807) is 0 Å². The van der Waals surface area contributed by atoms with Crippen molar-refractivity contribution in [1.29, 1.82) is 0 Å². The average Bonchev–Trinajstić information content (AvgIpc) is 2.65. The standard InChI is InChI=1S/C17H32N4O5S2/c1-10(2)14(18)16(24)21-11(5-7-27-3)15(23)19-9-13(22)20-12(17(25)26)6-8-28-4/h10-12,14H,5-9,18H2,1-4H3,(H,19,23)(H,20,22)(H,21,24)(H,25,26). The van der Waals surface area contributed by atoms with Gasteiger partial charge in [-0.3, -0.25) is 14.4 Å². The third-order valence-corrected chi connectivity index (χ3v) is 5.22. The van der Waals surface area contributed by atoms with Crippen LogP contribution in [-0.2, 0) is 19.2 Å². The van der Waals surface area contributed by atoms with Gasteiger partial charge >= 0.3 is 5.97 Å². The number of carbonyl (C=O) groups excluding carboxylic acids is 3. The summed E-state index contributed by atoms with van der Waals surface area (Å²) >= 11 is 3.00. The molecule has 28 heavy (non-hydrogen) atoms. The Balaban J connectivity index is 4.73. The number of aliphatic carboxylic acids is 1. The van der Waals surface area contributed by atoms with E-state index in [1.807, 2.05) is 26.4 Å². The van der Waals surface area contributed by atoms with Crippen molar-refractivity contribution in [2.24, 2.45) is 11.7 Å². The molecule has 0 fully saturated rings. The maximum Gasteiger partial charge on any atom is 0.326 e. The fourth-order valence-electron chi connectivity index (χ4n) is 2.10. The number of hydrogen-bond donors (Lipinski definition) is 5. The summed E-state index contributed by atoms with van der Waals surface area (Å²) in [6.45, 7) is 3.24. The van der Waals surface area contributed by atoms with E-state index in [2.05, 4.69) is 16.0 Å². The highest BCUT2D eigenvalue weighted by Crippen LogP contribution is 2.04. The van der Waals surface area contributed by atoms with Gasteiger partial charge < -0.3 is 26.8 Å². The Morgan fingerprint density at radius 2 is 1.46 bits per heavy atom. The maximum absolute atomic E-state index is 12.4. The van der Waals surface area contributed by atoms with Crippen molar-refractivity contribution in [3.63, 3.8) is 0 Å². The summed E-state index contributed by atoms with van der Waals surface area (Å²) in [6.07, 6.45) is 4.40. The van der Waals surface area contributed by atoms with Gasteiger partial charge in [0.1, 0.15) is 12.1 Å². The second kappa shape index (κ2) is 14.5. The van der Waals surface area contributed by atoms with Gasteiger partial charge in [-0.1, -0.05) is 13.8 Å². The van der Waals surface area contributed by atoms with Gasteiger partial charge in [-0.2, -0.15) is 23.5 Å². The molecule has 0 aliphatic heterocycles. The fraction of sp³-hybridized carbons (Fsp3) is 0.765. The van der Waals surface area contributed by atoms with Crippen molar-refractivity contribution in [1.82, 2.24) is 16.0 Å². The quantitative estimate of drug-likeness (QED) is 0.248. The summed E-state index contributed by atoms with van der Waals surface area (Å²) in [5.74, 6) is -1.52. The molecule has 0 aromatic heterocycles. The molecule has 0 aliphatic rings. The van der Waals surface area contributed by atoms with Crippen LogP contribution in [0.15, 0.2) is 0 Å². The second-order valence-corrected chi connectivity index (χ2v) is 8.54. The first-order valence-electron chi connectivity index (χ1n) is 8.97. The normalized spacial score (nSPS) is 14.1. The predicted molar refractivity (Wildman–Crippen MR) is 113 cm³/mol. The number of carboxylic acid groups (broad SMARTS) is 1. The van der Waals surface area contributed by atoms with E-state index in [9.17, 15) is 19.2 Å². The Bertz CT molecular complexity index is 534. The first-order valence-corrected chi connectivity index (χ1v) is 11.8. The van der Waals surface area contributed by atoms with Crippen LogP contribution in [0.3, 0.4) is 0 Å².